The molecule has 0 saturated heterocycles. The number of ether oxygens (including phenoxy) is 1. The average Bonchev–Trinajstić information content (AvgIpc) is 3.02. The highest BCUT2D eigenvalue weighted by Gasteiger charge is 2.20. The van der Waals surface area contributed by atoms with Gasteiger partial charge in [-0.2, -0.15) is 0 Å². The van der Waals surface area contributed by atoms with Crippen LogP contribution in [0.1, 0.15) is 56.5 Å². The minimum absolute atomic E-state index is 0.252. The van der Waals surface area contributed by atoms with Crippen LogP contribution in [0.2, 0.25) is 0 Å². The Morgan fingerprint density at radius 2 is 1.93 bits per heavy atom. The van der Waals surface area contributed by atoms with E-state index in [0.717, 1.165) is 44.7 Å². The highest BCUT2D eigenvalue weighted by Crippen LogP contribution is 2.36. The number of pyridine rings is 2. The first-order valence-electron chi connectivity index (χ1n) is 10.2. The largest absolute Gasteiger partial charge is 0.383 e. The van der Waals surface area contributed by atoms with Gasteiger partial charge in [0.05, 0.1) is 35.1 Å². The molecule has 1 atom stereocenters. The van der Waals surface area contributed by atoms with Gasteiger partial charge >= 0.3 is 0 Å². The maximum absolute atomic E-state index is 5.38. The van der Waals surface area contributed by atoms with Crippen molar-refractivity contribution in [1.29, 1.82) is 0 Å². The molecule has 0 radical (unpaired) electrons. The van der Waals surface area contributed by atoms with Crippen molar-refractivity contribution in [1.82, 2.24) is 14.5 Å². The Kier molecular flexibility index (Phi) is 6.64. The molecule has 0 aromatic carbocycles. The van der Waals surface area contributed by atoms with Gasteiger partial charge in [-0.3, -0.25) is 0 Å². The van der Waals surface area contributed by atoms with Crippen LogP contribution in [0.4, 0.5) is 5.82 Å². The molecule has 0 aliphatic rings. The van der Waals surface area contributed by atoms with Gasteiger partial charge in [-0.1, -0.05) is 20.8 Å². The van der Waals surface area contributed by atoms with Crippen LogP contribution in [0.25, 0.3) is 22.3 Å². The minimum Gasteiger partial charge on any atom is -0.383 e. The van der Waals surface area contributed by atoms with E-state index in [1.54, 1.807) is 7.11 Å². The maximum Gasteiger partial charge on any atom is 0.135 e. The summed E-state index contributed by atoms with van der Waals surface area (Å²) in [5.41, 5.74) is 7.64. The van der Waals surface area contributed by atoms with Gasteiger partial charge in [0, 0.05) is 30.4 Å². The zero-order valence-corrected chi connectivity index (χ0v) is 20.0. The fourth-order valence-corrected chi connectivity index (χ4v) is 4.61. The molecule has 29 heavy (non-hydrogen) atoms. The molecule has 0 aliphatic heterocycles. The quantitative estimate of drug-likeness (QED) is 0.464. The molecule has 0 amide bonds. The summed E-state index contributed by atoms with van der Waals surface area (Å²) in [5, 5.41) is 3.28. The first-order chi connectivity index (χ1) is 13.8. The summed E-state index contributed by atoms with van der Waals surface area (Å²) in [4.78, 5) is 10.0. The Hall–Kier alpha value is -1.92. The Bertz CT molecular complexity index is 1030. The molecule has 3 aromatic rings. The zero-order chi connectivity index (χ0) is 21.3. The summed E-state index contributed by atoms with van der Waals surface area (Å²) in [7, 11) is 3.66. The van der Waals surface area contributed by atoms with Crippen molar-refractivity contribution >= 4 is 32.8 Å². The molecule has 156 valence electrons. The topological polar surface area (TPSA) is 52.0 Å². The number of rotatable bonds is 7. The molecular formula is C23H31BrN4O. The van der Waals surface area contributed by atoms with Crippen molar-refractivity contribution in [3.05, 3.63) is 39.6 Å². The molecule has 3 rings (SSSR count). The van der Waals surface area contributed by atoms with Crippen LogP contribution in [0, 0.1) is 6.92 Å². The Morgan fingerprint density at radius 1 is 1.21 bits per heavy atom. The molecule has 5 nitrogen and oxygen atoms in total. The Balaban J connectivity index is 2.26. The van der Waals surface area contributed by atoms with E-state index in [-0.39, 0.29) is 6.04 Å². The summed E-state index contributed by atoms with van der Waals surface area (Å²) in [6, 6.07) is 4.68. The number of aromatic nitrogens is 3. The third-order valence-corrected chi connectivity index (χ3v) is 6.01. The molecule has 0 bridgehead atoms. The van der Waals surface area contributed by atoms with E-state index in [1.165, 1.54) is 11.1 Å². The van der Waals surface area contributed by atoms with Gasteiger partial charge in [0.2, 0.25) is 0 Å². The second-order valence-electron chi connectivity index (χ2n) is 7.90. The van der Waals surface area contributed by atoms with Gasteiger partial charge in [0.1, 0.15) is 5.82 Å². The van der Waals surface area contributed by atoms with E-state index in [0.29, 0.717) is 12.5 Å². The van der Waals surface area contributed by atoms with Crippen LogP contribution in [-0.2, 0) is 11.2 Å². The first kappa shape index (κ1) is 21.8. The normalized spacial score (nSPS) is 12.7. The van der Waals surface area contributed by atoms with E-state index in [2.05, 4.69) is 78.8 Å². The third kappa shape index (κ3) is 4.05. The SMILES string of the molecule is CCc1cc2c(nc1-c1cc(Br)c(C(C)C)nc1NC)c(C)cn2[C@H](C)COC. The molecular weight excluding hydrogens is 428 g/mol. The number of methoxy groups -OCH3 is 1. The monoisotopic (exact) mass is 458 g/mol. The fraction of sp³-hybridized carbons (Fsp3) is 0.478. The Labute approximate surface area is 182 Å². The second-order valence-corrected chi connectivity index (χ2v) is 8.75. The van der Waals surface area contributed by atoms with Gasteiger partial charge in [0.25, 0.3) is 0 Å². The fourth-order valence-electron chi connectivity index (χ4n) is 3.84. The van der Waals surface area contributed by atoms with Crippen molar-refractivity contribution in [3.8, 4) is 11.3 Å². The van der Waals surface area contributed by atoms with Crippen LogP contribution in [0.3, 0.4) is 0 Å². The van der Waals surface area contributed by atoms with Gasteiger partial charge in [-0.15, -0.1) is 0 Å². The van der Waals surface area contributed by atoms with Gasteiger partial charge in [-0.05, 0) is 65.4 Å². The smallest absolute Gasteiger partial charge is 0.135 e. The number of fused-ring (bicyclic) bond motifs is 1. The summed E-state index contributed by atoms with van der Waals surface area (Å²) in [6.07, 6.45) is 3.08. The van der Waals surface area contributed by atoms with E-state index in [1.807, 2.05) is 7.05 Å². The number of anilines is 1. The van der Waals surface area contributed by atoms with Crippen molar-refractivity contribution in [2.24, 2.45) is 0 Å². The molecule has 0 unspecified atom stereocenters. The molecule has 6 heteroatoms. The molecule has 3 aromatic heterocycles. The Morgan fingerprint density at radius 3 is 2.52 bits per heavy atom. The first-order valence-corrected chi connectivity index (χ1v) is 11.0. The van der Waals surface area contributed by atoms with Crippen LogP contribution < -0.4 is 5.32 Å². The highest BCUT2D eigenvalue weighted by molar-refractivity contribution is 9.10. The van der Waals surface area contributed by atoms with Crippen LogP contribution >= 0.6 is 15.9 Å². The summed E-state index contributed by atoms with van der Waals surface area (Å²) in [6.45, 7) is 11.4. The predicted octanol–water partition coefficient (Wildman–Crippen LogP) is 6.10. The second kappa shape index (κ2) is 8.84. The lowest BCUT2D eigenvalue weighted by molar-refractivity contribution is 0.164. The lowest BCUT2D eigenvalue weighted by Gasteiger charge is -2.18. The van der Waals surface area contributed by atoms with E-state index >= 15 is 0 Å². The van der Waals surface area contributed by atoms with E-state index < -0.39 is 0 Å². The van der Waals surface area contributed by atoms with Crippen molar-refractivity contribution in [2.75, 3.05) is 26.1 Å². The molecule has 0 fully saturated rings. The van der Waals surface area contributed by atoms with Gasteiger partial charge < -0.3 is 14.6 Å². The summed E-state index contributed by atoms with van der Waals surface area (Å²) >= 11 is 3.72. The lowest BCUT2D eigenvalue weighted by atomic mass is 10.0. The molecule has 3 heterocycles. The molecule has 0 spiro atoms. The summed E-state index contributed by atoms with van der Waals surface area (Å²) in [5.74, 6) is 1.20. The van der Waals surface area contributed by atoms with Crippen molar-refractivity contribution in [2.45, 2.75) is 53.0 Å². The van der Waals surface area contributed by atoms with Crippen molar-refractivity contribution in [3.63, 3.8) is 0 Å². The number of hydrogen-bond acceptors (Lipinski definition) is 4. The number of nitrogens with zero attached hydrogens (tertiary/aromatic N) is 3. The summed E-state index contributed by atoms with van der Waals surface area (Å²) < 4.78 is 8.68. The van der Waals surface area contributed by atoms with Gasteiger partial charge in [0.15, 0.2) is 0 Å². The predicted molar refractivity (Wildman–Crippen MR) is 125 cm³/mol. The third-order valence-electron chi connectivity index (χ3n) is 5.37. The molecule has 1 N–H and O–H groups in total. The standard InChI is InChI=1S/C23H31BrN4O/c1-8-16-9-19-21(14(4)11-28(19)15(5)12-29-7)26-22(16)17-10-18(24)20(13(2)3)27-23(17)25-6/h9-11,13,15H,8,12H2,1-7H3,(H,25,27)/t15-/m1/s1. The zero-order valence-electron chi connectivity index (χ0n) is 18.4. The highest BCUT2D eigenvalue weighted by atomic mass is 79.9. The van der Waals surface area contributed by atoms with E-state index in [9.17, 15) is 0 Å². The van der Waals surface area contributed by atoms with Crippen LogP contribution in [-0.4, -0.2) is 35.3 Å². The van der Waals surface area contributed by atoms with E-state index in [4.69, 9.17) is 14.7 Å². The molecule has 0 aliphatic carbocycles. The number of halogens is 1. The number of hydrogen-bond donors (Lipinski definition) is 1. The van der Waals surface area contributed by atoms with Crippen LogP contribution in [0.5, 0.6) is 0 Å². The van der Waals surface area contributed by atoms with Crippen molar-refractivity contribution < 1.29 is 4.74 Å². The lowest BCUT2D eigenvalue weighted by Crippen LogP contribution is -2.10. The number of aryl methyl sites for hydroxylation is 2. The average molecular weight is 459 g/mol. The minimum atomic E-state index is 0.252. The van der Waals surface area contributed by atoms with Crippen LogP contribution in [0.15, 0.2) is 22.8 Å². The van der Waals surface area contributed by atoms with Gasteiger partial charge in [-0.25, -0.2) is 9.97 Å². The molecule has 0 saturated carbocycles. The maximum atomic E-state index is 5.38. The number of nitrogens with one attached hydrogen (secondary N) is 1.